The van der Waals surface area contributed by atoms with E-state index in [4.69, 9.17) is 0 Å². The molecule has 1 aliphatic rings. The molecule has 0 saturated heterocycles. The Morgan fingerprint density at radius 3 is 2.79 bits per heavy atom. The summed E-state index contributed by atoms with van der Waals surface area (Å²) < 4.78 is 1.95. The van der Waals surface area contributed by atoms with Crippen molar-refractivity contribution in [3.8, 4) is 5.69 Å². The molecular weight excluding hydrogens is 400 g/mol. The Morgan fingerprint density at radius 2 is 2.07 bits per heavy atom. The largest absolute Gasteiger partial charge is 0.335 e. The van der Waals surface area contributed by atoms with E-state index in [0.29, 0.717) is 11.7 Å². The summed E-state index contributed by atoms with van der Waals surface area (Å²) >= 11 is 3.26. The highest BCUT2D eigenvalue weighted by Gasteiger charge is 2.30. The standard InChI is InChI=1S/C22H26N4OS2/c1-4-19-18-10-12-28-20(18)9-11-25(19)21(27)13-29-22-24-23-14-26(22)17-7-5-16(6-8-17)15(2)3/h5-8,10,12,14-15,19H,4,9,11,13H2,1-3H3. The second kappa shape index (κ2) is 8.71. The molecule has 0 radical (unpaired) electrons. The first-order valence-corrected chi connectivity index (χ1v) is 11.9. The number of benzene rings is 1. The van der Waals surface area contributed by atoms with E-state index in [1.165, 1.54) is 27.8 Å². The minimum atomic E-state index is 0.170. The summed E-state index contributed by atoms with van der Waals surface area (Å²) in [6.07, 6.45) is 3.61. The number of rotatable bonds is 6. The maximum Gasteiger partial charge on any atom is 0.233 e. The van der Waals surface area contributed by atoms with Crippen molar-refractivity contribution in [1.29, 1.82) is 0 Å². The second-order valence-corrected chi connectivity index (χ2v) is 9.52. The van der Waals surface area contributed by atoms with Crippen molar-refractivity contribution < 1.29 is 4.79 Å². The zero-order valence-electron chi connectivity index (χ0n) is 17.0. The molecule has 5 nitrogen and oxygen atoms in total. The number of hydrogen-bond acceptors (Lipinski definition) is 5. The van der Waals surface area contributed by atoms with Crippen LogP contribution in [0.2, 0.25) is 0 Å². The van der Waals surface area contributed by atoms with Gasteiger partial charge in [-0.2, -0.15) is 0 Å². The molecule has 2 aromatic heterocycles. The normalized spacial score (nSPS) is 16.3. The number of nitrogens with zero attached hydrogens (tertiary/aromatic N) is 4. The summed E-state index contributed by atoms with van der Waals surface area (Å²) in [5.74, 6) is 1.04. The van der Waals surface area contributed by atoms with Crippen LogP contribution in [0.5, 0.6) is 0 Å². The van der Waals surface area contributed by atoms with Crippen molar-refractivity contribution in [1.82, 2.24) is 19.7 Å². The molecule has 0 aliphatic carbocycles. The molecule has 0 bridgehead atoms. The minimum Gasteiger partial charge on any atom is -0.335 e. The fourth-order valence-electron chi connectivity index (χ4n) is 3.86. The molecule has 1 amide bonds. The van der Waals surface area contributed by atoms with Crippen molar-refractivity contribution >= 4 is 29.0 Å². The van der Waals surface area contributed by atoms with Crippen molar-refractivity contribution in [2.75, 3.05) is 12.3 Å². The predicted octanol–water partition coefficient (Wildman–Crippen LogP) is 5.08. The topological polar surface area (TPSA) is 51.0 Å². The molecule has 0 spiro atoms. The van der Waals surface area contributed by atoms with E-state index in [2.05, 4.69) is 66.7 Å². The molecule has 152 valence electrons. The van der Waals surface area contributed by atoms with Crippen LogP contribution >= 0.6 is 23.1 Å². The van der Waals surface area contributed by atoms with E-state index in [1.807, 2.05) is 20.8 Å². The predicted molar refractivity (Wildman–Crippen MR) is 119 cm³/mol. The highest BCUT2D eigenvalue weighted by atomic mass is 32.2. The molecule has 0 N–H and O–H groups in total. The molecule has 7 heteroatoms. The van der Waals surface area contributed by atoms with Crippen molar-refractivity contribution in [3.05, 3.63) is 58.0 Å². The fourth-order valence-corrected chi connectivity index (χ4v) is 5.61. The molecule has 29 heavy (non-hydrogen) atoms. The third-order valence-corrected chi connectivity index (χ3v) is 7.41. The summed E-state index contributed by atoms with van der Waals surface area (Å²) in [5, 5.41) is 11.2. The second-order valence-electron chi connectivity index (χ2n) is 7.58. The lowest BCUT2D eigenvalue weighted by atomic mass is 9.98. The van der Waals surface area contributed by atoms with Crippen LogP contribution in [0.15, 0.2) is 47.2 Å². The lowest BCUT2D eigenvalue weighted by Crippen LogP contribution is -2.40. The van der Waals surface area contributed by atoms with E-state index < -0.39 is 0 Å². The first-order chi connectivity index (χ1) is 14.1. The molecule has 0 fully saturated rings. The highest BCUT2D eigenvalue weighted by Crippen LogP contribution is 2.35. The van der Waals surface area contributed by atoms with Crippen LogP contribution < -0.4 is 0 Å². The quantitative estimate of drug-likeness (QED) is 0.516. The van der Waals surface area contributed by atoms with Crippen LogP contribution in [0.3, 0.4) is 0 Å². The number of carbonyl (C=O) groups is 1. The van der Waals surface area contributed by atoms with E-state index >= 15 is 0 Å². The average molecular weight is 427 g/mol. The van der Waals surface area contributed by atoms with Gasteiger partial charge >= 0.3 is 0 Å². The van der Waals surface area contributed by atoms with E-state index in [0.717, 1.165) is 30.2 Å². The van der Waals surface area contributed by atoms with Crippen LogP contribution in [0.4, 0.5) is 0 Å². The van der Waals surface area contributed by atoms with Crippen LogP contribution in [0.1, 0.15) is 55.2 Å². The van der Waals surface area contributed by atoms with Crippen molar-refractivity contribution in [2.45, 2.75) is 50.7 Å². The molecule has 1 atom stereocenters. The van der Waals surface area contributed by atoms with Crippen LogP contribution in [-0.2, 0) is 11.2 Å². The van der Waals surface area contributed by atoms with Crippen LogP contribution in [0, 0.1) is 0 Å². The number of thiophene rings is 1. The SMILES string of the molecule is CCC1c2ccsc2CCN1C(=O)CSc1nncn1-c1ccc(C(C)C)cc1. The van der Waals surface area contributed by atoms with Crippen molar-refractivity contribution in [3.63, 3.8) is 0 Å². The molecule has 1 aromatic carbocycles. The molecule has 1 unspecified atom stereocenters. The van der Waals surface area contributed by atoms with Gasteiger partial charge in [0.25, 0.3) is 0 Å². The van der Waals surface area contributed by atoms with Crippen LogP contribution in [-0.4, -0.2) is 37.9 Å². The maximum atomic E-state index is 13.0. The summed E-state index contributed by atoms with van der Waals surface area (Å²) in [5.41, 5.74) is 3.65. The Hall–Kier alpha value is -2.12. The number of hydrogen-bond donors (Lipinski definition) is 0. The number of carbonyl (C=O) groups excluding carboxylic acids is 1. The van der Waals surface area contributed by atoms with Crippen molar-refractivity contribution in [2.24, 2.45) is 0 Å². The number of aromatic nitrogens is 3. The van der Waals surface area contributed by atoms with Gasteiger partial charge in [-0.1, -0.05) is 44.7 Å². The Bertz CT molecular complexity index is 977. The third-order valence-electron chi connectivity index (χ3n) is 5.48. The summed E-state index contributed by atoms with van der Waals surface area (Å²) in [4.78, 5) is 16.5. The summed E-state index contributed by atoms with van der Waals surface area (Å²) in [6, 6.07) is 10.8. The molecule has 4 rings (SSSR count). The molecular formula is C22H26N4OS2. The van der Waals surface area contributed by atoms with Gasteiger partial charge < -0.3 is 4.90 Å². The number of amides is 1. The first-order valence-electron chi connectivity index (χ1n) is 10.1. The number of thioether (sulfide) groups is 1. The Kier molecular flexibility index (Phi) is 6.06. The molecule has 3 heterocycles. The molecule has 1 aliphatic heterocycles. The Labute approximate surface area is 180 Å². The van der Waals surface area contributed by atoms with E-state index in [-0.39, 0.29) is 11.9 Å². The van der Waals surface area contributed by atoms with Gasteiger partial charge in [0.05, 0.1) is 11.8 Å². The lowest BCUT2D eigenvalue weighted by Gasteiger charge is -2.35. The van der Waals surface area contributed by atoms with Gasteiger partial charge in [0.15, 0.2) is 5.16 Å². The Balaban J connectivity index is 1.45. The smallest absolute Gasteiger partial charge is 0.233 e. The van der Waals surface area contributed by atoms with Gasteiger partial charge in [-0.15, -0.1) is 21.5 Å². The fraction of sp³-hybridized carbons (Fsp3) is 0.409. The van der Waals surface area contributed by atoms with Gasteiger partial charge in [-0.25, -0.2) is 0 Å². The van der Waals surface area contributed by atoms with E-state index in [1.54, 1.807) is 6.33 Å². The zero-order chi connectivity index (χ0) is 20.4. The van der Waals surface area contributed by atoms with Gasteiger partial charge in [-0.3, -0.25) is 9.36 Å². The first kappa shape index (κ1) is 20.2. The monoisotopic (exact) mass is 426 g/mol. The average Bonchev–Trinajstić information content (AvgIpc) is 3.40. The lowest BCUT2D eigenvalue weighted by molar-refractivity contribution is -0.131. The Morgan fingerprint density at radius 1 is 1.28 bits per heavy atom. The van der Waals surface area contributed by atoms with E-state index in [9.17, 15) is 4.79 Å². The zero-order valence-corrected chi connectivity index (χ0v) is 18.7. The highest BCUT2D eigenvalue weighted by molar-refractivity contribution is 7.99. The number of fused-ring (bicyclic) bond motifs is 1. The molecule has 0 saturated carbocycles. The van der Waals surface area contributed by atoms with Gasteiger partial charge in [0.2, 0.25) is 5.91 Å². The van der Waals surface area contributed by atoms with Gasteiger partial charge in [-0.05, 0) is 53.5 Å². The van der Waals surface area contributed by atoms with Gasteiger partial charge in [0, 0.05) is 17.1 Å². The third kappa shape index (κ3) is 4.12. The maximum absolute atomic E-state index is 13.0. The molecule has 3 aromatic rings. The summed E-state index contributed by atoms with van der Waals surface area (Å²) in [7, 11) is 0. The van der Waals surface area contributed by atoms with Crippen LogP contribution in [0.25, 0.3) is 5.69 Å². The minimum absolute atomic E-state index is 0.170. The summed E-state index contributed by atoms with van der Waals surface area (Å²) in [6.45, 7) is 7.32. The van der Waals surface area contributed by atoms with Gasteiger partial charge in [0.1, 0.15) is 6.33 Å².